The summed E-state index contributed by atoms with van der Waals surface area (Å²) >= 11 is 0. The first kappa shape index (κ1) is 22.8. The van der Waals surface area contributed by atoms with Gasteiger partial charge in [-0.1, -0.05) is 91.6 Å². The number of rotatable bonds is 7. The number of likely N-dealkylation sites (N-methyl/N-ethyl adjacent to an activating group) is 1. The molecule has 0 bridgehead atoms. The van der Waals surface area contributed by atoms with E-state index in [1.54, 1.807) is 6.08 Å². The number of amides is 1. The normalized spacial score (nSPS) is 14.7. The number of benzene rings is 3. The van der Waals surface area contributed by atoms with Crippen LogP contribution in [0.1, 0.15) is 54.4 Å². The molecule has 1 fully saturated rings. The van der Waals surface area contributed by atoms with Gasteiger partial charge in [0.05, 0.1) is 0 Å². The van der Waals surface area contributed by atoms with Crippen molar-refractivity contribution in [2.24, 2.45) is 0 Å². The maximum atomic E-state index is 13.4. The molecule has 0 aliphatic heterocycles. The van der Waals surface area contributed by atoms with E-state index in [4.69, 9.17) is 4.74 Å². The summed E-state index contributed by atoms with van der Waals surface area (Å²) in [6.45, 7) is 2.55. The molecule has 1 amide bonds. The van der Waals surface area contributed by atoms with Gasteiger partial charge in [0.15, 0.2) is 0 Å². The molecule has 170 valence electrons. The number of ether oxygens (including phenoxy) is 1. The molecule has 0 atom stereocenters. The lowest BCUT2D eigenvalue weighted by Gasteiger charge is -2.30. The number of aryl methyl sites for hydroxylation is 1. The maximum absolute atomic E-state index is 13.4. The molecule has 0 heterocycles. The largest absolute Gasteiger partial charge is 0.488 e. The molecule has 33 heavy (non-hydrogen) atoms. The maximum Gasteiger partial charge on any atom is 0.247 e. The summed E-state index contributed by atoms with van der Waals surface area (Å²) in [6, 6.07) is 26.8. The van der Waals surface area contributed by atoms with Gasteiger partial charge in [0.2, 0.25) is 5.91 Å². The Morgan fingerprint density at radius 3 is 2.30 bits per heavy atom. The van der Waals surface area contributed by atoms with Crippen LogP contribution in [0, 0.1) is 6.92 Å². The smallest absolute Gasteiger partial charge is 0.247 e. The summed E-state index contributed by atoms with van der Waals surface area (Å²) < 4.78 is 6.27. The van der Waals surface area contributed by atoms with Crippen LogP contribution < -0.4 is 4.74 Å². The SMILES string of the molecule is Cc1ccc(OCc2ccccc2)c(C(=CC(=O)N(C)C2CCCCC2)c2ccccc2)c1. The van der Waals surface area contributed by atoms with Crippen molar-refractivity contribution in [3.63, 3.8) is 0 Å². The van der Waals surface area contributed by atoms with Crippen molar-refractivity contribution < 1.29 is 9.53 Å². The number of carbonyl (C=O) groups excluding carboxylic acids is 1. The van der Waals surface area contributed by atoms with E-state index in [1.165, 1.54) is 19.3 Å². The minimum atomic E-state index is 0.0521. The van der Waals surface area contributed by atoms with Gasteiger partial charge in [0, 0.05) is 24.7 Å². The average molecular weight is 440 g/mol. The molecule has 1 aliphatic rings. The second kappa shape index (κ2) is 11.0. The minimum absolute atomic E-state index is 0.0521. The molecule has 1 saturated carbocycles. The average Bonchev–Trinajstić information content (AvgIpc) is 2.87. The molecule has 0 radical (unpaired) electrons. The van der Waals surface area contributed by atoms with Crippen molar-refractivity contribution in [2.45, 2.75) is 51.7 Å². The van der Waals surface area contributed by atoms with Gasteiger partial charge in [-0.15, -0.1) is 0 Å². The van der Waals surface area contributed by atoms with Crippen molar-refractivity contribution in [1.29, 1.82) is 0 Å². The number of carbonyl (C=O) groups is 1. The summed E-state index contributed by atoms with van der Waals surface area (Å²) in [5.74, 6) is 0.837. The van der Waals surface area contributed by atoms with Crippen LogP contribution in [-0.2, 0) is 11.4 Å². The lowest BCUT2D eigenvalue weighted by molar-refractivity contribution is -0.127. The number of hydrogen-bond donors (Lipinski definition) is 0. The van der Waals surface area contributed by atoms with Gasteiger partial charge in [-0.05, 0) is 48.6 Å². The Labute approximate surface area is 197 Å². The highest BCUT2D eigenvalue weighted by atomic mass is 16.5. The zero-order chi connectivity index (χ0) is 23.0. The van der Waals surface area contributed by atoms with Crippen LogP contribution in [0.3, 0.4) is 0 Å². The van der Waals surface area contributed by atoms with Gasteiger partial charge in [-0.25, -0.2) is 0 Å². The molecule has 3 nitrogen and oxygen atoms in total. The first-order valence-corrected chi connectivity index (χ1v) is 11.9. The lowest BCUT2D eigenvalue weighted by atomic mass is 9.93. The first-order valence-electron chi connectivity index (χ1n) is 11.9. The van der Waals surface area contributed by atoms with Crippen molar-refractivity contribution in [3.8, 4) is 5.75 Å². The molecule has 0 unspecified atom stereocenters. The Balaban J connectivity index is 1.69. The van der Waals surface area contributed by atoms with Crippen LogP contribution in [0.15, 0.2) is 84.9 Å². The van der Waals surface area contributed by atoms with Gasteiger partial charge in [0.25, 0.3) is 0 Å². The Morgan fingerprint density at radius 1 is 0.939 bits per heavy atom. The summed E-state index contributed by atoms with van der Waals surface area (Å²) in [5, 5.41) is 0. The zero-order valence-corrected chi connectivity index (χ0v) is 19.7. The predicted molar refractivity (Wildman–Crippen MR) is 135 cm³/mol. The van der Waals surface area contributed by atoms with E-state index < -0.39 is 0 Å². The Hall–Kier alpha value is -3.33. The Bertz CT molecular complexity index is 1080. The summed E-state index contributed by atoms with van der Waals surface area (Å²) in [4.78, 5) is 15.3. The van der Waals surface area contributed by atoms with Crippen molar-refractivity contribution in [3.05, 3.63) is 107 Å². The van der Waals surface area contributed by atoms with Gasteiger partial charge in [-0.3, -0.25) is 4.79 Å². The third kappa shape index (κ3) is 5.92. The third-order valence-electron chi connectivity index (χ3n) is 6.49. The molecule has 0 saturated heterocycles. The van der Waals surface area contributed by atoms with Crippen molar-refractivity contribution in [1.82, 2.24) is 4.90 Å². The molecule has 1 aliphatic carbocycles. The van der Waals surface area contributed by atoms with Crippen LogP contribution in [-0.4, -0.2) is 23.9 Å². The molecule has 0 spiro atoms. The molecule has 3 heteroatoms. The van der Waals surface area contributed by atoms with Gasteiger partial charge < -0.3 is 9.64 Å². The predicted octanol–water partition coefficient (Wildman–Crippen LogP) is 6.80. The van der Waals surface area contributed by atoms with E-state index in [9.17, 15) is 4.79 Å². The molecule has 0 aromatic heterocycles. The van der Waals surface area contributed by atoms with Crippen LogP contribution in [0.5, 0.6) is 5.75 Å². The summed E-state index contributed by atoms with van der Waals surface area (Å²) in [5.41, 5.74) is 5.10. The van der Waals surface area contributed by atoms with E-state index in [0.717, 1.165) is 46.4 Å². The van der Waals surface area contributed by atoms with Crippen molar-refractivity contribution in [2.75, 3.05) is 7.05 Å². The van der Waals surface area contributed by atoms with E-state index in [2.05, 4.69) is 43.3 Å². The molecule has 0 N–H and O–H groups in total. The zero-order valence-electron chi connectivity index (χ0n) is 19.7. The highest BCUT2D eigenvalue weighted by molar-refractivity contribution is 6.00. The van der Waals surface area contributed by atoms with Gasteiger partial charge in [0.1, 0.15) is 12.4 Å². The van der Waals surface area contributed by atoms with Crippen LogP contribution >= 0.6 is 0 Å². The fraction of sp³-hybridized carbons (Fsp3) is 0.300. The van der Waals surface area contributed by atoms with Gasteiger partial charge in [-0.2, -0.15) is 0 Å². The van der Waals surface area contributed by atoms with Crippen molar-refractivity contribution >= 4 is 11.5 Å². The van der Waals surface area contributed by atoms with Gasteiger partial charge >= 0.3 is 0 Å². The molecule has 4 rings (SSSR count). The molecular formula is C30H33NO2. The van der Waals surface area contributed by atoms with Crippen LogP contribution in [0.25, 0.3) is 5.57 Å². The summed E-state index contributed by atoms with van der Waals surface area (Å²) in [6.07, 6.45) is 7.65. The van der Waals surface area contributed by atoms with E-state index in [-0.39, 0.29) is 5.91 Å². The number of hydrogen-bond acceptors (Lipinski definition) is 2. The second-order valence-corrected chi connectivity index (χ2v) is 8.94. The van der Waals surface area contributed by atoms with Crippen LogP contribution in [0.2, 0.25) is 0 Å². The highest BCUT2D eigenvalue weighted by Gasteiger charge is 2.22. The standard InChI is InChI=1S/C30H33NO2/c1-23-18-19-29(33-22-24-12-6-3-7-13-24)28(20-23)27(25-14-8-4-9-15-25)21-30(32)31(2)26-16-10-5-11-17-26/h3-4,6-9,12-15,18-21,26H,5,10-11,16-17,22H2,1-2H3. The van der Waals surface area contributed by atoms with E-state index in [0.29, 0.717) is 12.6 Å². The third-order valence-corrected chi connectivity index (χ3v) is 6.49. The van der Waals surface area contributed by atoms with E-state index >= 15 is 0 Å². The quantitative estimate of drug-likeness (QED) is 0.379. The Kier molecular flexibility index (Phi) is 7.62. The fourth-order valence-electron chi connectivity index (χ4n) is 4.52. The van der Waals surface area contributed by atoms with E-state index in [1.807, 2.05) is 54.4 Å². The molecular weight excluding hydrogens is 406 g/mol. The minimum Gasteiger partial charge on any atom is -0.488 e. The summed E-state index contributed by atoms with van der Waals surface area (Å²) in [7, 11) is 1.94. The topological polar surface area (TPSA) is 29.5 Å². The second-order valence-electron chi connectivity index (χ2n) is 8.94. The Morgan fingerprint density at radius 2 is 1.61 bits per heavy atom. The lowest BCUT2D eigenvalue weighted by Crippen LogP contribution is -2.37. The molecule has 3 aromatic rings. The number of nitrogens with zero attached hydrogens (tertiary/aromatic N) is 1. The fourth-order valence-corrected chi connectivity index (χ4v) is 4.52. The highest BCUT2D eigenvalue weighted by Crippen LogP contribution is 2.33. The monoisotopic (exact) mass is 439 g/mol. The van der Waals surface area contributed by atoms with Crippen LogP contribution in [0.4, 0.5) is 0 Å². The first-order chi connectivity index (χ1) is 16.1. The molecule has 3 aromatic carbocycles.